The molecule has 22 heavy (non-hydrogen) atoms. The van der Waals surface area contributed by atoms with E-state index in [1.807, 2.05) is 0 Å². The van der Waals surface area contributed by atoms with E-state index in [-0.39, 0.29) is 12.5 Å². The van der Waals surface area contributed by atoms with Gasteiger partial charge in [-0.1, -0.05) is 90.9 Å². The number of ketones is 1. The molecule has 0 rings (SSSR count). The molecule has 0 radical (unpaired) electrons. The normalized spacial score (nSPS) is 12.5. The molecule has 0 aliphatic heterocycles. The van der Waals surface area contributed by atoms with Crippen LogP contribution in [0, 0.1) is 5.92 Å². The van der Waals surface area contributed by atoms with Crippen molar-refractivity contribution in [2.24, 2.45) is 5.92 Å². The lowest BCUT2D eigenvalue weighted by Crippen LogP contribution is -2.18. The number of carbonyl (C=O) groups excluding carboxylic acids is 1. The molecule has 0 saturated heterocycles. The second-order valence-electron chi connectivity index (χ2n) is 6.77. The van der Waals surface area contributed by atoms with Crippen LogP contribution >= 0.6 is 0 Å². The quantitative estimate of drug-likeness (QED) is 0.332. The van der Waals surface area contributed by atoms with Gasteiger partial charge in [-0.3, -0.25) is 4.79 Å². The van der Waals surface area contributed by atoms with E-state index in [0.29, 0.717) is 12.2 Å². The van der Waals surface area contributed by atoms with E-state index in [0.717, 1.165) is 25.7 Å². The highest BCUT2D eigenvalue weighted by atomic mass is 16.3. The lowest BCUT2D eigenvalue weighted by Gasteiger charge is -2.13. The number of aliphatic hydroxyl groups is 1. The van der Waals surface area contributed by atoms with Gasteiger partial charge in [0.2, 0.25) is 0 Å². The van der Waals surface area contributed by atoms with E-state index in [1.165, 1.54) is 64.2 Å². The van der Waals surface area contributed by atoms with Crippen molar-refractivity contribution in [1.82, 2.24) is 0 Å². The first-order valence-corrected chi connectivity index (χ1v) is 9.89. The van der Waals surface area contributed by atoms with Gasteiger partial charge in [0, 0.05) is 12.3 Å². The Morgan fingerprint density at radius 1 is 0.727 bits per heavy atom. The summed E-state index contributed by atoms with van der Waals surface area (Å²) < 4.78 is 0. The Morgan fingerprint density at radius 3 is 1.68 bits per heavy atom. The summed E-state index contributed by atoms with van der Waals surface area (Å²) >= 11 is 0. The van der Waals surface area contributed by atoms with Crippen LogP contribution in [0.2, 0.25) is 0 Å². The fraction of sp³-hybridized carbons (Fsp3) is 0.950. The molecule has 1 atom stereocenters. The highest BCUT2D eigenvalue weighted by molar-refractivity contribution is 5.81. The zero-order chi connectivity index (χ0) is 16.5. The van der Waals surface area contributed by atoms with Crippen LogP contribution in [0.1, 0.15) is 110 Å². The van der Waals surface area contributed by atoms with Gasteiger partial charge in [-0.15, -0.1) is 0 Å². The standard InChI is InChI=1S/C20H40O2/c1-3-5-7-9-10-11-13-14-16-19(18-21)20(22)17-15-12-8-6-4-2/h19,21H,3-18H2,1-2H3. The van der Waals surface area contributed by atoms with Gasteiger partial charge in [-0.05, 0) is 12.8 Å². The summed E-state index contributed by atoms with van der Waals surface area (Å²) in [5, 5.41) is 9.42. The number of Topliss-reactive ketones (excluding diaryl/α,β-unsaturated/α-hetero) is 1. The fourth-order valence-corrected chi connectivity index (χ4v) is 2.99. The second-order valence-corrected chi connectivity index (χ2v) is 6.77. The van der Waals surface area contributed by atoms with E-state index < -0.39 is 0 Å². The first-order chi connectivity index (χ1) is 10.8. The van der Waals surface area contributed by atoms with E-state index in [2.05, 4.69) is 13.8 Å². The summed E-state index contributed by atoms with van der Waals surface area (Å²) in [6.07, 6.45) is 17.8. The first-order valence-electron chi connectivity index (χ1n) is 9.89. The topological polar surface area (TPSA) is 37.3 Å². The molecule has 0 amide bonds. The minimum Gasteiger partial charge on any atom is -0.396 e. The molecule has 0 spiro atoms. The lowest BCUT2D eigenvalue weighted by atomic mass is 9.93. The van der Waals surface area contributed by atoms with Crippen molar-refractivity contribution in [2.45, 2.75) is 110 Å². The highest BCUT2D eigenvalue weighted by Crippen LogP contribution is 2.16. The van der Waals surface area contributed by atoms with Crippen molar-refractivity contribution in [3.63, 3.8) is 0 Å². The molecular formula is C20H40O2. The van der Waals surface area contributed by atoms with E-state index >= 15 is 0 Å². The Kier molecular flexibility index (Phi) is 16.7. The molecule has 1 unspecified atom stereocenters. The number of carbonyl (C=O) groups is 1. The van der Waals surface area contributed by atoms with Crippen molar-refractivity contribution in [1.29, 1.82) is 0 Å². The molecule has 2 nitrogen and oxygen atoms in total. The highest BCUT2D eigenvalue weighted by Gasteiger charge is 2.16. The van der Waals surface area contributed by atoms with Crippen LogP contribution in [0.5, 0.6) is 0 Å². The molecule has 0 heterocycles. The SMILES string of the molecule is CCCCCCCCCCC(CO)C(=O)CCCCCCC. The van der Waals surface area contributed by atoms with Crippen LogP contribution in [-0.2, 0) is 4.79 Å². The van der Waals surface area contributed by atoms with Crippen molar-refractivity contribution in [3.05, 3.63) is 0 Å². The third kappa shape index (κ3) is 13.3. The number of rotatable bonds is 17. The Hall–Kier alpha value is -0.370. The summed E-state index contributed by atoms with van der Waals surface area (Å²) in [7, 11) is 0. The first kappa shape index (κ1) is 21.6. The Morgan fingerprint density at radius 2 is 1.18 bits per heavy atom. The summed E-state index contributed by atoms with van der Waals surface area (Å²) in [4.78, 5) is 12.1. The van der Waals surface area contributed by atoms with Gasteiger partial charge < -0.3 is 5.11 Å². The Balaban J connectivity index is 3.54. The van der Waals surface area contributed by atoms with Crippen molar-refractivity contribution < 1.29 is 9.90 Å². The summed E-state index contributed by atoms with van der Waals surface area (Å²) in [6.45, 7) is 4.50. The average molecular weight is 313 g/mol. The molecule has 0 aliphatic carbocycles. The predicted molar refractivity (Wildman–Crippen MR) is 96.2 cm³/mol. The van der Waals surface area contributed by atoms with Crippen LogP contribution in [0.15, 0.2) is 0 Å². The van der Waals surface area contributed by atoms with Crippen LogP contribution in [-0.4, -0.2) is 17.5 Å². The summed E-state index contributed by atoms with van der Waals surface area (Å²) in [5.41, 5.74) is 0. The number of hydrogen-bond donors (Lipinski definition) is 1. The zero-order valence-electron chi connectivity index (χ0n) is 15.2. The largest absolute Gasteiger partial charge is 0.396 e. The van der Waals surface area contributed by atoms with Gasteiger partial charge >= 0.3 is 0 Å². The predicted octanol–water partition coefficient (Wildman–Crippen LogP) is 6.06. The Bertz CT molecular complexity index is 238. The molecule has 0 aromatic heterocycles. The monoisotopic (exact) mass is 312 g/mol. The minimum absolute atomic E-state index is 0.0459. The third-order valence-electron chi connectivity index (χ3n) is 4.61. The Labute approximate surface area is 139 Å². The van der Waals surface area contributed by atoms with Crippen LogP contribution in [0.4, 0.5) is 0 Å². The van der Waals surface area contributed by atoms with E-state index in [4.69, 9.17) is 0 Å². The van der Waals surface area contributed by atoms with Gasteiger partial charge in [-0.25, -0.2) is 0 Å². The van der Waals surface area contributed by atoms with Crippen LogP contribution < -0.4 is 0 Å². The molecular weight excluding hydrogens is 272 g/mol. The maximum absolute atomic E-state index is 12.1. The lowest BCUT2D eigenvalue weighted by molar-refractivity contribution is -0.124. The van der Waals surface area contributed by atoms with Crippen LogP contribution in [0.25, 0.3) is 0 Å². The van der Waals surface area contributed by atoms with Gasteiger partial charge in [0.05, 0.1) is 6.61 Å². The minimum atomic E-state index is -0.0914. The molecule has 2 heteroatoms. The summed E-state index contributed by atoms with van der Waals surface area (Å²) in [5.74, 6) is 0.202. The van der Waals surface area contributed by atoms with Crippen LogP contribution in [0.3, 0.4) is 0 Å². The molecule has 0 aromatic carbocycles. The summed E-state index contributed by atoms with van der Waals surface area (Å²) in [6, 6.07) is 0. The number of aliphatic hydroxyl groups excluding tert-OH is 1. The number of unbranched alkanes of at least 4 members (excludes halogenated alkanes) is 11. The average Bonchev–Trinajstić information content (AvgIpc) is 2.53. The van der Waals surface area contributed by atoms with E-state index in [1.54, 1.807) is 0 Å². The second kappa shape index (κ2) is 17.0. The molecule has 0 saturated carbocycles. The fourth-order valence-electron chi connectivity index (χ4n) is 2.99. The zero-order valence-corrected chi connectivity index (χ0v) is 15.2. The molecule has 0 fully saturated rings. The van der Waals surface area contributed by atoms with Crippen molar-refractivity contribution in [2.75, 3.05) is 6.61 Å². The molecule has 132 valence electrons. The smallest absolute Gasteiger partial charge is 0.138 e. The third-order valence-corrected chi connectivity index (χ3v) is 4.61. The number of hydrogen-bond acceptors (Lipinski definition) is 2. The molecule has 1 N–H and O–H groups in total. The van der Waals surface area contributed by atoms with Gasteiger partial charge in [0.15, 0.2) is 0 Å². The van der Waals surface area contributed by atoms with Gasteiger partial charge in [-0.2, -0.15) is 0 Å². The van der Waals surface area contributed by atoms with E-state index in [9.17, 15) is 9.90 Å². The molecule has 0 bridgehead atoms. The molecule has 0 aliphatic rings. The van der Waals surface area contributed by atoms with Crippen molar-refractivity contribution in [3.8, 4) is 0 Å². The van der Waals surface area contributed by atoms with Gasteiger partial charge in [0.1, 0.15) is 5.78 Å². The molecule has 0 aromatic rings. The van der Waals surface area contributed by atoms with Gasteiger partial charge in [0.25, 0.3) is 0 Å². The van der Waals surface area contributed by atoms with Crippen molar-refractivity contribution >= 4 is 5.78 Å². The maximum atomic E-state index is 12.1. The maximum Gasteiger partial charge on any atom is 0.138 e.